The lowest BCUT2D eigenvalue weighted by Crippen LogP contribution is -2.21. The van der Waals surface area contributed by atoms with Gasteiger partial charge >= 0.3 is 11.7 Å². The number of nitrogens with zero attached hydrogens (tertiary/aromatic N) is 1. The Labute approximate surface area is 148 Å². The van der Waals surface area contributed by atoms with Crippen LogP contribution >= 0.6 is 0 Å². The van der Waals surface area contributed by atoms with E-state index in [1.807, 2.05) is 13.8 Å². The predicted molar refractivity (Wildman–Crippen MR) is 92.5 cm³/mol. The van der Waals surface area contributed by atoms with Gasteiger partial charge in [-0.2, -0.15) is 4.39 Å². The van der Waals surface area contributed by atoms with E-state index < -0.39 is 34.9 Å². The molecule has 0 aliphatic heterocycles. The topological polar surface area (TPSA) is 98.5 Å². The van der Waals surface area contributed by atoms with E-state index in [2.05, 4.69) is 5.32 Å². The van der Waals surface area contributed by atoms with Crippen LogP contribution in [-0.2, 0) is 9.53 Å². The molecule has 0 atom stereocenters. The van der Waals surface area contributed by atoms with Crippen LogP contribution in [0.1, 0.15) is 35.7 Å². The largest absolute Gasteiger partial charge is 0.452 e. The molecule has 26 heavy (non-hydrogen) atoms. The number of carbonyl (C=O) groups is 2. The summed E-state index contributed by atoms with van der Waals surface area (Å²) in [6.45, 7) is 3.48. The highest BCUT2D eigenvalue weighted by Gasteiger charge is 2.16. The highest BCUT2D eigenvalue weighted by molar-refractivity contribution is 5.95. The number of hydrogen-bond acceptors (Lipinski definition) is 5. The molecule has 2 rings (SSSR count). The van der Waals surface area contributed by atoms with E-state index in [-0.39, 0.29) is 5.69 Å². The minimum Gasteiger partial charge on any atom is -0.452 e. The van der Waals surface area contributed by atoms with Gasteiger partial charge in [0.2, 0.25) is 5.82 Å². The number of esters is 1. The summed E-state index contributed by atoms with van der Waals surface area (Å²) in [5, 5.41) is 13.0. The molecular weight excluding hydrogens is 343 g/mol. The molecule has 136 valence electrons. The molecule has 0 spiro atoms. The van der Waals surface area contributed by atoms with E-state index in [0.717, 1.165) is 17.7 Å². The normalized spacial score (nSPS) is 10.5. The van der Waals surface area contributed by atoms with Crippen molar-refractivity contribution in [2.45, 2.75) is 19.8 Å². The molecule has 7 nitrogen and oxygen atoms in total. The molecule has 8 heteroatoms. The van der Waals surface area contributed by atoms with Crippen LogP contribution in [0.15, 0.2) is 42.5 Å². The second-order valence-electron chi connectivity index (χ2n) is 5.82. The number of rotatable bonds is 6. The van der Waals surface area contributed by atoms with E-state index in [1.54, 1.807) is 24.3 Å². The van der Waals surface area contributed by atoms with Crippen molar-refractivity contribution >= 4 is 23.3 Å². The third-order valence-electron chi connectivity index (χ3n) is 3.57. The number of amides is 1. The standard InChI is InChI=1S/C18H17FN2O5/c1-11(2)12-3-5-13(6-4-12)18(23)26-10-17(22)20-14-7-8-15(19)16(9-14)21(24)25/h3-9,11H,10H2,1-2H3,(H,20,22). The van der Waals surface area contributed by atoms with Gasteiger partial charge in [0, 0.05) is 11.8 Å². The highest BCUT2D eigenvalue weighted by Crippen LogP contribution is 2.21. The van der Waals surface area contributed by atoms with Crippen molar-refractivity contribution in [2.24, 2.45) is 0 Å². The first-order valence-corrected chi connectivity index (χ1v) is 7.79. The SMILES string of the molecule is CC(C)c1ccc(C(=O)OCC(=O)Nc2ccc(F)c([N+](=O)[O-])c2)cc1. The number of nitro groups is 1. The number of ether oxygens (including phenoxy) is 1. The summed E-state index contributed by atoms with van der Waals surface area (Å²) in [4.78, 5) is 33.5. The number of hydrogen-bond donors (Lipinski definition) is 1. The monoisotopic (exact) mass is 360 g/mol. The molecule has 1 N–H and O–H groups in total. The Morgan fingerprint density at radius 2 is 1.85 bits per heavy atom. The second kappa shape index (κ2) is 8.19. The van der Waals surface area contributed by atoms with Gasteiger partial charge in [0.05, 0.1) is 10.5 Å². The second-order valence-corrected chi connectivity index (χ2v) is 5.82. The van der Waals surface area contributed by atoms with E-state index in [1.165, 1.54) is 6.07 Å². The van der Waals surface area contributed by atoms with Gasteiger partial charge in [0.25, 0.3) is 5.91 Å². The van der Waals surface area contributed by atoms with Gasteiger partial charge in [0.15, 0.2) is 6.61 Å². The molecular formula is C18H17FN2O5. The number of nitrogens with one attached hydrogen (secondary N) is 1. The van der Waals surface area contributed by atoms with E-state index in [0.29, 0.717) is 11.5 Å². The van der Waals surface area contributed by atoms with Crippen molar-refractivity contribution in [3.05, 3.63) is 69.5 Å². The zero-order valence-electron chi connectivity index (χ0n) is 14.2. The fraction of sp³-hybridized carbons (Fsp3) is 0.222. The predicted octanol–water partition coefficient (Wildman–Crippen LogP) is 3.65. The number of halogens is 1. The molecule has 0 fully saturated rings. The van der Waals surface area contributed by atoms with E-state index in [4.69, 9.17) is 4.74 Å². The molecule has 0 saturated carbocycles. The Balaban J connectivity index is 1.93. The molecule has 1 amide bonds. The number of carbonyl (C=O) groups excluding carboxylic acids is 2. The van der Waals surface area contributed by atoms with Gasteiger partial charge in [-0.15, -0.1) is 0 Å². The lowest BCUT2D eigenvalue weighted by atomic mass is 10.0. The maximum absolute atomic E-state index is 13.3. The smallest absolute Gasteiger partial charge is 0.338 e. The van der Waals surface area contributed by atoms with Gasteiger partial charge < -0.3 is 10.1 Å². The van der Waals surface area contributed by atoms with Crippen molar-refractivity contribution in [3.8, 4) is 0 Å². The van der Waals surface area contributed by atoms with Crippen molar-refractivity contribution in [1.82, 2.24) is 0 Å². The number of anilines is 1. The number of benzene rings is 2. The average Bonchev–Trinajstić information content (AvgIpc) is 2.61. The minimum atomic E-state index is -1.01. The van der Waals surface area contributed by atoms with Crippen LogP contribution < -0.4 is 5.32 Å². The Hall–Kier alpha value is -3.29. The number of nitro benzene ring substituents is 1. The maximum atomic E-state index is 13.3. The van der Waals surface area contributed by atoms with Gasteiger partial charge in [-0.3, -0.25) is 14.9 Å². The Morgan fingerprint density at radius 3 is 2.42 bits per heavy atom. The molecule has 0 saturated heterocycles. The Morgan fingerprint density at radius 1 is 1.19 bits per heavy atom. The molecule has 0 bridgehead atoms. The molecule has 0 heterocycles. The van der Waals surface area contributed by atoms with Gasteiger partial charge in [-0.25, -0.2) is 4.79 Å². The van der Waals surface area contributed by atoms with Crippen LogP contribution in [0.5, 0.6) is 0 Å². The lowest BCUT2D eigenvalue weighted by molar-refractivity contribution is -0.387. The van der Waals surface area contributed by atoms with Crippen molar-refractivity contribution in [3.63, 3.8) is 0 Å². The Bertz CT molecular complexity index is 834. The zero-order valence-corrected chi connectivity index (χ0v) is 14.2. The van der Waals surface area contributed by atoms with E-state index >= 15 is 0 Å². The summed E-state index contributed by atoms with van der Waals surface area (Å²) < 4.78 is 18.2. The third kappa shape index (κ3) is 4.85. The van der Waals surface area contributed by atoms with Crippen LogP contribution in [0.3, 0.4) is 0 Å². The quantitative estimate of drug-likeness (QED) is 0.482. The summed E-state index contributed by atoms with van der Waals surface area (Å²) in [6.07, 6.45) is 0. The molecule has 0 aliphatic rings. The highest BCUT2D eigenvalue weighted by atomic mass is 19.1. The van der Waals surface area contributed by atoms with Crippen molar-refractivity contribution < 1.29 is 23.6 Å². The first-order valence-electron chi connectivity index (χ1n) is 7.79. The van der Waals surface area contributed by atoms with Crippen LogP contribution in [0.2, 0.25) is 0 Å². The van der Waals surface area contributed by atoms with Crippen LogP contribution in [0.25, 0.3) is 0 Å². The maximum Gasteiger partial charge on any atom is 0.338 e. The van der Waals surface area contributed by atoms with Crippen LogP contribution in [0, 0.1) is 15.9 Å². The molecule has 2 aromatic rings. The summed E-state index contributed by atoms with van der Waals surface area (Å²) in [5.74, 6) is -2.05. The average molecular weight is 360 g/mol. The molecule has 0 unspecified atom stereocenters. The fourth-order valence-electron chi connectivity index (χ4n) is 2.15. The van der Waals surface area contributed by atoms with E-state index in [9.17, 15) is 24.1 Å². The summed E-state index contributed by atoms with van der Waals surface area (Å²) in [6, 6.07) is 9.76. The molecule has 2 aromatic carbocycles. The molecule has 0 aliphatic carbocycles. The van der Waals surface area contributed by atoms with Crippen LogP contribution in [-0.4, -0.2) is 23.4 Å². The summed E-state index contributed by atoms with van der Waals surface area (Å²) in [7, 11) is 0. The summed E-state index contributed by atoms with van der Waals surface area (Å²) >= 11 is 0. The van der Waals surface area contributed by atoms with Gasteiger partial charge in [0.1, 0.15) is 0 Å². The first kappa shape index (κ1) is 19.0. The first-order chi connectivity index (χ1) is 12.3. The Kier molecular flexibility index (Phi) is 6.00. The third-order valence-corrected chi connectivity index (χ3v) is 3.57. The van der Waals surface area contributed by atoms with Crippen LogP contribution in [0.4, 0.5) is 15.8 Å². The van der Waals surface area contributed by atoms with Gasteiger partial charge in [-0.05, 0) is 35.7 Å². The minimum absolute atomic E-state index is 0.0282. The van der Waals surface area contributed by atoms with Crippen molar-refractivity contribution in [1.29, 1.82) is 0 Å². The van der Waals surface area contributed by atoms with Crippen molar-refractivity contribution in [2.75, 3.05) is 11.9 Å². The lowest BCUT2D eigenvalue weighted by Gasteiger charge is -2.08. The van der Waals surface area contributed by atoms with Gasteiger partial charge in [-0.1, -0.05) is 26.0 Å². The zero-order chi connectivity index (χ0) is 19.3. The summed E-state index contributed by atoms with van der Waals surface area (Å²) in [5.41, 5.74) is 0.641. The molecule has 0 radical (unpaired) electrons. The molecule has 0 aromatic heterocycles. The fourth-order valence-corrected chi connectivity index (χ4v) is 2.15.